The Balaban J connectivity index is 1.44. The van der Waals surface area contributed by atoms with Gasteiger partial charge in [-0.05, 0) is 43.9 Å². The van der Waals surface area contributed by atoms with Crippen molar-refractivity contribution in [1.29, 1.82) is 0 Å². The first kappa shape index (κ1) is 17.6. The van der Waals surface area contributed by atoms with Crippen molar-refractivity contribution in [2.75, 3.05) is 24.6 Å². The van der Waals surface area contributed by atoms with Crippen LogP contribution in [0, 0.1) is 11.7 Å². The Hall–Kier alpha value is -2.54. The van der Waals surface area contributed by atoms with Crippen molar-refractivity contribution in [3.63, 3.8) is 0 Å². The van der Waals surface area contributed by atoms with Gasteiger partial charge < -0.3 is 14.7 Å². The Kier molecular flexibility index (Phi) is 4.08. The van der Waals surface area contributed by atoms with Crippen LogP contribution in [0.2, 0.25) is 0 Å². The molecule has 6 nitrogen and oxygen atoms in total. The van der Waals surface area contributed by atoms with Crippen LogP contribution in [0.3, 0.4) is 0 Å². The number of aliphatic imine (C=N–C) groups is 1. The summed E-state index contributed by atoms with van der Waals surface area (Å²) in [6.07, 6.45) is 4.40. The summed E-state index contributed by atoms with van der Waals surface area (Å²) in [5, 5.41) is 9.38. The minimum Gasteiger partial charge on any atom is -0.484 e. The number of hydrogen-bond acceptors (Lipinski definition) is 6. The summed E-state index contributed by atoms with van der Waals surface area (Å²) in [6, 6.07) is 5.22. The highest BCUT2D eigenvalue weighted by Gasteiger charge is 2.41. The van der Waals surface area contributed by atoms with E-state index in [9.17, 15) is 9.50 Å². The molecule has 146 valence electrons. The Morgan fingerprint density at radius 1 is 1.29 bits per heavy atom. The van der Waals surface area contributed by atoms with Gasteiger partial charge in [0, 0.05) is 37.2 Å². The van der Waals surface area contributed by atoms with Crippen LogP contribution < -0.4 is 9.64 Å². The summed E-state index contributed by atoms with van der Waals surface area (Å²) < 4.78 is 20.3. The molecule has 0 amide bonds. The smallest absolute Gasteiger partial charge is 0.165 e. The SMILES string of the molecule is CC1(Oc2cc3c(cc2F)CN=C3c2cc(N3CC[C@@H](CO)C3)ncn2)CC1. The lowest BCUT2D eigenvalue weighted by molar-refractivity contribution is 0.191. The molecule has 28 heavy (non-hydrogen) atoms. The van der Waals surface area contributed by atoms with Gasteiger partial charge in [0.2, 0.25) is 0 Å². The summed E-state index contributed by atoms with van der Waals surface area (Å²) in [5.41, 5.74) is 2.96. The van der Waals surface area contributed by atoms with Crippen LogP contribution in [-0.4, -0.2) is 46.1 Å². The van der Waals surface area contributed by atoms with Crippen LogP contribution in [0.5, 0.6) is 5.75 Å². The predicted octanol–water partition coefficient (Wildman–Crippen LogP) is 2.72. The zero-order valence-electron chi connectivity index (χ0n) is 15.9. The highest BCUT2D eigenvalue weighted by Crippen LogP contribution is 2.41. The maximum absolute atomic E-state index is 14.4. The largest absolute Gasteiger partial charge is 0.484 e. The van der Waals surface area contributed by atoms with Crippen molar-refractivity contribution in [1.82, 2.24) is 9.97 Å². The maximum Gasteiger partial charge on any atom is 0.165 e. The maximum atomic E-state index is 14.4. The lowest BCUT2D eigenvalue weighted by Crippen LogP contribution is -2.22. The fourth-order valence-corrected chi connectivity index (χ4v) is 3.88. The van der Waals surface area contributed by atoms with E-state index in [1.165, 1.54) is 6.07 Å². The van der Waals surface area contributed by atoms with Crippen LogP contribution in [0.4, 0.5) is 10.2 Å². The number of aliphatic hydroxyl groups excluding tert-OH is 1. The summed E-state index contributed by atoms with van der Waals surface area (Å²) in [5.74, 6) is 1.07. The average Bonchev–Trinajstić information content (AvgIpc) is 3.10. The Morgan fingerprint density at radius 2 is 2.14 bits per heavy atom. The normalized spacial score (nSPS) is 22.2. The molecule has 1 aromatic carbocycles. The molecular weight excluding hydrogens is 359 g/mol. The molecule has 1 aromatic heterocycles. The molecule has 1 saturated heterocycles. The topological polar surface area (TPSA) is 70.8 Å². The lowest BCUT2D eigenvalue weighted by atomic mass is 10.0. The highest BCUT2D eigenvalue weighted by atomic mass is 19.1. The fourth-order valence-electron chi connectivity index (χ4n) is 3.88. The number of ether oxygens (including phenoxy) is 1. The number of nitrogens with zero attached hydrogens (tertiary/aromatic N) is 4. The zero-order chi connectivity index (χ0) is 19.3. The third kappa shape index (κ3) is 3.13. The van der Waals surface area contributed by atoms with Crippen molar-refractivity contribution in [3.05, 3.63) is 47.2 Å². The Bertz CT molecular complexity index is 957. The van der Waals surface area contributed by atoms with Crippen molar-refractivity contribution in [2.45, 2.75) is 38.3 Å². The minimum atomic E-state index is -0.334. The average molecular weight is 382 g/mol. The second-order valence-electron chi connectivity index (χ2n) is 8.20. The van der Waals surface area contributed by atoms with E-state index in [1.807, 2.05) is 13.0 Å². The van der Waals surface area contributed by atoms with Crippen molar-refractivity contribution >= 4 is 11.5 Å². The first-order valence-electron chi connectivity index (χ1n) is 9.79. The number of benzene rings is 1. The van der Waals surface area contributed by atoms with Crippen molar-refractivity contribution in [3.8, 4) is 5.75 Å². The molecule has 1 atom stereocenters. The van der Waals surface area contributed by atoms with Gasteiger partial charge in [0.15, 0.2) is 11.6 Å². The summed E-state index contributed by atoms with van der Waals surface area (Å²) in [7, 11) is 0. The fraction of sp³-hybridized carbons (Fsp3) is 0.476. The first-order chi connectivity index (χ1) is 13.5. The third-order valence-electron chi connectivity index (χ3n) is 5.89. The number of hydrogen-bond donors (Lipinski definition) is 1. The Labute approximate surface area is 163 Å². The summed E-state index contributed by atoms with van der Waals surface area (Å²) in [6.45, 7) is 4.29. The van der Waals surface area contributed by atoms with Crippen LogP contribution >= 0.6 is 0 Å². The first-order valence-corrected chi connectivity index (χ1v) is 9.79. The van der Waals surface area contributed by atoms with Gasteiger partial charge in [-0.15, -0.1) is 0 Å². The van der Waals surface area contributed by atoms with E-state index in [-0.39, 0.29) is 29.7 Å². The predicted molar refractivity (Wildman–Crippen MR) is 103 cm³/mol. The van der Waals surface area contributed by atoms with Crippen LogP contribution in [-0.2, 0) is 6.54 Å². The number of fused-ring (bicyclic) bond motifs is 1. The molecule has 1 N–H and O–H groups in total. The van der Waals surface area contributed by atoms with Gasteiger partial charge >= 0.3 is 0 Å². The van der Waals surface area contributed by atoms with E-state index in [0.29, 0.717) is 6.54 Å². The van der Waals surface area contributed by atoms with Gasteiger partial charge in [0.05, 0.1) is 18.0 Å². The molecule has 2 fully saturated rings. The molecule has 3 heterocycles. The van der Waals surface area contributed by atoms with Crippen LogP contribution in [0.15, 0.2) is 29.5 Å². The monoisotopic (exact) mass is 382 g/mol. The molecule has 0 unspecified atom stereocenters. The molecule has 5 rings (SSSR count). The van der Waals surface area contributed by atoms with Crippen LogP contribution in [0.25, 0.3) is 0 Å². The van der Waals surface area contributed by atoms with Gasteiger partial charge in [-0.25, -0.2) is 14.4 Å². The van der Waals surface area contributed by atoms with Crippen LogP contribution in [0.1, 0.15) is 43.0 Å². The van der Waals surface area contributed by atoms with Gasteiger partial charge in [0.25, 0.3) is 0 Å². The van der Waals surface area contributed by atoms with E-state index in [4.69, 9.17) is 4.74 Å². The third-order valence-corrected chi connectivity index (χ3v) is 5.89. The van der Waals surface area contributed by atoms with E-state index in [0.717, 1.165) is 60.7 Å². The molecule has 2 aliphatic heterocycles. The number of aliphatic hydroxyl groups is 1. The second-order valence-corrected chi connectivity index (χ2v) is 8.20. The van der Waals surface area contributed by atoms with E-state index < -0.39 is 0 Å². The van der Waals surface area contributed by atoms with Gasteiger partial charge in [-0.1, -0.05) is 0 Å². The molecule has 0 spiro atoms. The standard InChI is InChI=1S/C21H23FN4O2/c1-21(3-4-21)28-18-7-15-14(6-16(18)22)9-23-20(15)17-8-19(25-12-24-17)26-5-2-13(10-26)11-27/h6-8,12-13,27H,2-5,9-11H2,1H3/t13-/m1/s1. The van der Waals surface area contributed by atoms with Crippen molar-refractivity contribution in [2.24, 2.45) is 10.9 Å². The Morgan fingerprint density at radius 3 is 2.89 bits per heavy atom. The molecule has 7 heteroatoms. The number of aromatic nitrogens is 2. The van der Waals surface area contributed by atoms with Gasteiger partial charge in [-0.3, -0.25) is 4.99 Å². The van der Waals surface area contributed by atoms with E-state index >= 15 is 0 Å². The van der Waals surface area contributed by atoms with Gasteiger partial charge in [0.1, 0.15) is 17.7 Å². The van der Waals surface area contributed by atoms with Gasteiger partial charge in [-0.2, -0.15) is 0 Å². The second kappa shape index (κ2) is 6.51. The van der Waals surface area contributed by atoms with Crippen molar-refractivity contribution < 1.29 is 14.2 Å². The minimum absolute atomic E-state index is 0.196. The highest BCUT2D eigenvalue weighted by molar-refractivity contribution is 6.14. The number of halogens is 1. The molecule has 3 aliphatic rings. The number of anilines is 1. The summed E-state index contributed by atoms with van der Waals surface area (Å²) >= 11 is 0. The van der Waals surface area contributed by atoms with E-state index in [2.05, 4.69) is 19.9 Å². The molecule has 0 radical (unpaired) electrons. The quantitative estimate of drug-likeness (QED) is 0.861. The van der Waals surface area contributed by atoms with E-state index in [1.54, 1.807) is 12.4 Å². The summed E-state index contributed by atoms with van der Waals surface area (Å²) in [4.78, 5) is 15.6. The molecule has 0 bridgehead atoms. The molecule has 1 saturated carbocycles. The number of rotatable bonds is 5. The molecule has 2 aromatic rings. The lowest BCUT2D eigenvalue weighted by Gasteiger charge is -2.18. The molecular formula is C21H23FN4O2. The molecule has 1 aliphatic carbocycles. The zero-order valence-corrected chi connectivity index (χ0v) is 15.9.